The molecule has 0 bridgehead atoms. The summed E-state index contributed by atoms with van der Waals surface area (Å²) in [5.74, 6) is -0.489. The molecule has 0 radical (unpaired) electrons. The zero-order chi connectivity index (χ0) is 22.0. The Morgan fingerprint density at radius 1 is 1.13 bits per heavy atom. The molecular weight excluding hydrogens is 404 g/mol. The number of benzene rings is 1. The van der Waals surface area contributed by atoms with Gasteiger partial charge < -0.3 is 21.7 Å². The minimum Gasteiger partial charge on any atom is -0.365 e. The summed E-state index contributed by atoms with van der Waals surface area (Å²) >= 11 is 0. The van der Waals surface area contributed by atoms with E-state index in [1.165, 1.54) is 30.5 Å². The number of pyridine rings is 1. The van der Waals surface area contributed by atoms with Crippen LogP contribution in [0.3, 0.4) is 0 Å². The van der Waals surface area contributed by atoms with Crippen LogP contribution in [0.5, 0.6) is 0 Å². The maximum atomic E-state index is 13.6. The number of hydrogen-bond acceptors (Lipinski definition) is 6. The predicted molar refractivity (Wildman–Crippen MR) is 113 cm³/mol. The summed E-state index contributed by atoms with van der Waals surface area (Å²) in [6, 6.07) is 8.41. The highest BCUT2D eigenvalue weighted by atomic mass is 19.1. The number of primary amides is 1. The Hall–Kier alpha value is -3.53. The van der Waals surface area contributed by atoms with Gasteiger partial charge in [0.25, 0.3) is 5.91 Å². The zero-order valence-corrected chi connectivity index (χ0v) is 16.8. The first-order chi connectivity index (χ1) is 14.9. The molecule has 0 spiro atoms. The fraction of sp³-hybridized carbons (Fsp3) is 0.286. The average molecular weight is 427 g/mol. The summed E-state index contributed by atoms with van der Waals surface area (Å²) in [7, 11) is 0. The second-order valence-electron chi connectivity index (χ2n) is 7.58. The van der Waals surface area contributed by atoms with Crippen LogP contribution in [0.1, 0.15) is 23.2 Å². The number of nitrogens with one attached hydrogen (secondary N) is 1. The summed E-state index contributed by atoms with van der Waals surface area (Å²) < 4.78 is 28.4. The van der Waals surface area contributed by atoms with E-state index in [2.05, 4.69) is 15.4 Å². The normalized spacial score (nSPS) is 15.6. The lowest BCUT2D eigenvalue weighted by Gasteiger charge is -2.41. The van der Waals surface area contributed by atoms with Crippen molar-refractivity contribution in [2.45, 2.75) is 18.4 Å². The van der Waals surface area contributed by atoms with Crippen LogP contribution in [0.2, 0.25) is 0 Å². The maximum absolute atomic E-state index is 13.6. The van der Waals surface area contributed by atoms with E-state index < -0.39 is 11.4 Å². The number of piperidine rings is 1. The molecule has 8 nitrogen and oxygen atoms in total. The van der Waals surface area contributed by atoms with Crippen molar-refractivity contribution in [3.63, 3.8) is 0 Å². The highest BCUT2D eigenvalue weighted by Gasteiger charge is 2.37. The van der Waals surface area contributed by atoms with Crippen LogP contribution in [0.25, 0.3) is 0 Å². The van der Waals surface area contributed by atoms with Crippen molar-refractivity contribution < 1.29 is 13.6 Å². The van der Waals surface area contributed by atoms with Crippen molar-refractivity contribution in [1.29, 1.82) is 0 Å². The lowest BCUT2D eigenvalue weighted by molar-refractivity contribution is 0.100. The minimum absolute atomic E-state index is 0.214. The van der Waals surface area contributed by atoms with E-state index in [1.807, 2.05) is 4.90 Å². The molecule has 1 amide bonds. The zero-order valence-electron chi connectivity index (χ0n) is 16.8. The number of anilines is 3. The number of halogens is 2. The van der Waals surface area contributed by atoms with Crippen molar-refractivity contribution in [2.24, 2.45) is 11.5 Å². The molecule has 3 heterocycles. The second-order valence-corrected chi connectivity index (χ2v) is 7.58. The molecule has 2 aromatic heterocycles. The molecule has 31 heavy (non-hydrogen) atoms. The lowest BCUT2D eigenvalue weighted by atomic mass is 9.87. The van der Waals surface area contributed by atoms with E-state index >= 15 is 0 Å². The Balaban J connectivity index is 1.58. The van der Waals surface area contributed by atoms with E-state index in [-0.39, 0.29) is 23.0 Å². The quantitative estimate of drug-likeness (QED) is 0.556. The molecule has 4 rings (SSSR count). The molecule has 1 aromatic carbocycles. The number of nitrogens with two attached hydrogens (primary N) is 2. The van der Waals surface area contributed by atoms with Crippen molar-refractivity contribution in [3.8, 4) is 0 Å². The van der Waals surface area contributed by atoms with Gasteiger partial charge in [-0.1, -0.05) is 0 Å². The first-order valence-electron chi connectivity index (χ1n) is 9.89. The fourth-order valence-electron chi connectivity index (χ4n) is 3.80. The van der Waals surface area contributed by atoms with Crippen molar-refractivity contribution in [3.05, 3.63) is 66.0 Å². The van der Waals surface area contributed by atoms with Crippen molar-refractivity contribution in [1.82, 2.24) is 14.8 Å². The molecule has 1 saturated heterocycles. The van der Waals surface area contributed by atoms with Crippen LogP contribution in [0.15, 0.2) is 48.8 Å². The first-order valence-corrected chi connectivity index (χ1v) is 9.89. The van der Waals surface area contributed by atoms with Gasteiger partial charge in [0.15, 0.2) is 5.82 Å². The number of amides is 1. The van der Waals surface area contributed by atoms with E-state index in [9.17, 15) is 13.6 Å². The third-order valence-corrected chi connectivity index (χ3v) is 5.68. The van der Waals surface area contributed by atoms with Gasteiger partial charge in [-0.2, -0.15) is 5.10 Å². The Kier molecular flexibility index (Phi) is 5.55. The Bertz CT molecular complexity index is 1080. The molecule has 1 aliphatic heterocycles. The molecule has 0 atom stereocenters. The van der Waals surface area contributed by atoms with Gasteiger partial charge in [-0.25, -0.2) is 13.8 Å². The van der Waals surface area contributed by atoms with Gasteiger partial charge in [-0.05, 0) is 43.2 Å². The summed E-state index contributed by atoms with van der Waals surface area (Å²) in [6.07, 6.45) is 4.28. The number of aromatic nitrogens is 3. The largest absolute Gasteiger partial charge is 0.365 e. The Morgan fingerprint density at radius 2 is 1.84 bits per heavy atom. The van der Waals surface area contributed by atoms with Crippen LogP contribution >= 0.6 is 0 Å². The molecule has 0 saturated carbocycles. The van der Waals surface area contributed by atoms with Crippen LogP contribution < -0.4 is 21.7 Å². The summed E-state index contributed by atoms with van der Waals surface area (Å²) in [6.45, 7) is 1.49. The Morgan fingerprint density at radius 3 is 2.45 bits per heavy atom. The maximum Gasteiger partial charge on any atom is 0.254 e. The third kappa shape index (κ3) is 4.19. The fourth-order valence-corrected chi connectivity index (χ4v) is 3.80. The summed E-state index contributed by atoms with van der Waals surface area (Å²) in [4.78, 5) is 18.2. The molecule has 0 aliphatic carbocycles. The minimum atomic E-state index is -0.635. The van der Waals surface area contributed by atoms with E-state index in [0.717, 1.165) is 0 Å². The van der Waals surface area contributed by atoms with Gasteiger partial charge in [0.05, 0.1) is 5.54 Å². The highest BCUT2D eigenvalue weighted by molar-refractivity contribution is 5.98. The van der Waals surface area contributed by atoms with E-state index in [0.29, 0.717) is 44.0 Å². The average Bonchev–Trinajstić information content (AvgIpc) is 3.20. The molecular formula is C21H23F2N7O. The third-order valence-electron chi connectivity index (χ3n) is 5.68. The topological polar surface area (TPSA) is 115 Å². The molecule has 5 N–H and O–H groups in total. The number of nitrogens with zero attached hydrogens (tertiary/aromatic N) is 4. The van der Waals surface area contributed by atoms with Crippen LogP contribution in [0.4, 0.5) is 26.1 Å². The first kappa shape index (κ1) is 20.7. The SMILES string of the molecule is NCC1(n2cc(C(N)=O)c(Nc3ccc(F)cc3)n2)CCN(c2cc(F)ccn2)CC1. The van der Waals surface area contributed by atoms with Crippen LogP contribution in [-0.4, -0.2) is 40.3 Å². The van der Waals surface area contributed by atoms with Gasteiger partial charge in [0, 0.05) is 43.8 Å². The van der Waals surface area contributed by atoms with Gasteiger partial charge in [-0.3, -0.25) is 9.48 Å². The van der Waals surface area contributed by atoms with Gasteiger partial charge >= 0.3 is 0 Å². The number of hydrogen-bond donors (Lipinski definition) is 3. The smallest absolute Gasteiger partial charge is 0.254 e. The summed E-state index contributed by atoms with van der Waals surface area (Å²) in [5.41, 5.74) is 12.0. The number of rotatable bonds is 6. The predicted octanol–water partition coefficient (Wildman–Crippen LogP) is 2.35. The molecule has 162 valence electrons. The van der Waals surface area contributed by atoms with Crippen molar-refractivity contribution in [2.75, 3.05) is 29.9 Å². The molecule has 1 fully saturated rings. The number of carbonyl (C=O) groups is 1. The lowest BCUT2D eigenvalue weighted by Crippen LogP contribution is -2.51. The number of carbonyl (C=O) groups excluding carboxylic acids is 1. The second kappa shape index (κ2) is 8.31. The van der Waals surface area contributed by atoms with Gasteiger partial charge in [-0.15, -0.1) is 0 Å². The summed E-state index contributed by atoms with van der Waals surface area (Å²) in [5, 5.41) is 7.58. The van der Waals surface area contributed by atoms with Gasteiger partial charge in [0.2, 0.25) is 0 Å². The molecule has 3 aromatic rings. The molecule has 10 heteroatoms. The van der Waals surface area contributed by atoms with E-state index in [1.54, 1.807) is 23.0 Å². The molecule has 1 aliphatic rings. The van der Waals surface area contributed by atoms with Gasteiger partial charge in [0.1, 0.15) is 23.0 Å². The van der Waals surface area contributed by atoms with Crippen LogP contribution in [0, 0.1) is 11.6 Å². The van der Waals surface area contributed by atoms with Crippen LogP contribution in [-0.2, 0) is 5.54 Å². The van der Waals surface area contributed by atoms with E-state index in [4.69, 9.17) is 11.5 Å². The molecule has 0 unspecified atom stereocenters. The standard InChI is InChI=1S/C21H23F2N7O/c22-14-1-3-16(4-2-14)27-20-17(19(25)31)12-30(28-20)21(13-24)6-9-29(10-7-21)18-11-15(23)5-8-26-18/h1-5,8,11-12H,6-7,9-10,13,24H2,(H2,25,31)(H,27,28). The monoisotopic (exact) mass is 427 g/mol. The highest BCUT2D eigenvalue weighted by Crippen LogP contribution is 2.33. The Labute approximate surface area is 177 Å². The van der Waals surface area contributed by atoms with Crippen molar-refractivity contribution >= 4 is 23.2 Å².